The number of hydrogen-bond donors (Lipinski definition) is 1. The lowest BCUT2D eigenvalue weighted by Gasteiger charge is -2.11. The third kappa shape index (κ3) is 3.33. The van der Waals surface area contributed by atoms with Crippen LogP contribution in [0.25, 0.3) is 0 Å². The number of benzene rings is 1. The smallest absolute Gasteiger partial charge is 0.119 e. The number of rotatable bonds is 5. The van der Waals surface area contributed by atoms with Crippen LogP contribution in [0.4, 0.5) is 0 Å². The Kier molecular flexibility index (Phi) is 4.56. The van der Waals surface area contributed by atoms with Gasteiger partial charge < -0.3 is 10.5 Å². The van der Waals surface area contributed by atoms with Crippen molar-refractivity contribution < 1.29 is 4.74 Å². The zero-order valence-corrected chi connectivity index (χ0v) is 12.5. The number of thiazole rings is 1. The van der Waals surface area contributed by atoms with Crippen molar-refractivity contribution in [2.45, 2.75) is 26.7 Å². The van der Waals surface area contributed by atoms with Gasteiger partial charge in [-0.3, -0.25) is 0 Å². The van der Waals surface area contributed by atoms with E-state index in [4.69, 9.17) is 10.5 Å². The van der Waals surface area contributed by atoms with Crippen LogP contribution in [-0.2, 0) is 12.8 Å². The van der Waals surface area contributed by atoms with Gasteiger partial charge in [0.2, 0.25) is 0 Å². The summed E-state index contributed by atoms with van der Waals surface area (Å²) in [5, 5.41) is 3.26. The average molecular weight is 276 g/mol. The second kappa shape index (κ2) is 6.17. The van der Waals surface area contributed by atoms with Crippen LogP contribution in [0.1, 0.15) is 27.4 Å². The van der Waals surface area contributed by atoms with E-state index in [9.17, 15) is 0 Å². The molecule has 3 nitrogen and oxygen atoms in total. The fraction of sp³-hybridized carbons (Fsp3) is 0.400. The fourth-order valence-corrected chi connectivity index (χ4v) is 3.03. The molecule has 0 bridgehead atoms. The molecule has 19 heavy (non-hydrogen) atoms. The minimum atomic E-state index is 0.657. The minimum Gasteiger partial charge on any atom is -0.497 e. The maximum atomic E-state index is 5.55. The summed E-state index contributed by atoms with van der Waals surface area (Å²) in [6.45, 7) is 4.91. The van der Waals surface area contributed by atoms with Crippen molar-refractivity contribution in [2.24, 2.45) is 5.73 Å². The lowest BCUT2D eigenvalue weighted by Crippen LogP contribution is -2.03. The Morgan fingerprint density at radius 2 is 1.95 bits per heavy atom. The molecule has 0 atom stereocenters. The molecule has 1 aromatic heterocycles. The lowest BCUT2D eigenvalue weighted by atomic mass is 10.00. The van der Waals surface area contributed by atoms with Crippen molar-refractivity contribution in [3.63, 3.8) is 0 Å². The molecule has 2 N–H and O–H groups in total. The molecule has 0 fully saturated rings. The molecular weight excluding hydrogens is 256 g/mol. The normalized spacial score (nSPS) is 10.7. The van der Waals surface area contributed by atoms with Gasteiger partial charge in [0.05, 0.1) is 17.8 Å². The van der Waals surface area contributed by atoms with Gasteiger partial charge in [0.15, 0.2) is 0 Å². The van der Waals surface area contributed by atoms with Gasteiger partial charge in [-0.25, -0.2) is 4.98 Å². The van der Waals surface area contributed by atoms with Crippen LogP contribution in [0.2, 0.25) is 0 Å². The highest BCUT2D eigenvalue weighted by molar-refractivity contribution is 7.09. The van der Waals surface area contributed by atoms with Crippen LogP contribution in [0, 0.1) is 13.8 Å². The van der Waals surface area contributed by atoms with Crippen LogP contribution in [-0.4, -0.2) is 18.6 Å². The summed E-state index contributed by atoms with van der Waals surface area (Å²) in [5.74, 6) is 0.918. The summed E-state index contributed by atoms with van der Waals surface area (Å²) in [6.07, 6.45) is 1.74. The van der Waals surface area contributed by atoms with Crippen molar-refractivity contribution in [3.8, 4) is 5.75 Å². The molecule has 4 heteroatoms. The van der Waals surface area contributed by atoms with Gasteiger partial charge in [0, 0.05) is 18.2 Å². The van der Waals surface area contributed by atoms with E-state index in [1.807, 2.05) is 0 Å². The monoisotopic (exact) mass is 276 g/mol. The van der Waals surface area contributed by atoms with E-state index in [-0.39, 0.29) is 0 Å². The molecule has 0 amide bonds. The third-order valence-corrected chi connectivity index (χ3v) is 4.13. The first-order chi connectivity index (χ1) is 9.13. The molecule has 0 radical (unpaired) electrons. The van der Waals surface area contributed by atoms with Crippen LogP contribution in [0.15, 0.2) is 17.5 Å². The second-order valence-corrected chi connectivity index (χ2v) is 5.63. The summed E-state index contributed by atoms with van der Waals surface area (Å²) in [6, 6.07) is 4.16. The number of aryl methyl sites for hydroxylation is 2. The highest BCUT2D eigenvalue weighted by Crippen LogP contribution is 2.25. The number of nitrogens with two attached hydrogens (primary N) is 1. The Morgan fingerprint density at radius 1 is 1.26 bits per heavy atom. The first-order valence-corrected chi connectivity index (χ1v) is 7.29. The average Bonchev–Trinajstić information content (AvgIpc) is 2.81. The van der Waals surface area contributed by atoms with Gasteiger partial charge in [0.1, 0.15) is 5.75 Å². The molecule has 0 aliphatic carbocycles. The Balaban J connectivity index is 2.22. The zero-order chi connectivity index (χ0) is 13.8. The van der Waals surface area contributed by atoms with Crippen LogP contribution >= 0.6 is 11.3 Å². The number of hydrogen-bond acceptors (Lipinski definition) is 4. The highest BCUT2D eigenvalue weighted by Gasteiger charge is 2.09. The van der Waals surface area contributed by atoms with E-state index in [0.717, 1.165) is 29.3 Å². The summed E-state index contributed by atoms with van der Waals surface area (Å²) in [7, 11) is 1.70. The first kappa shape index (κ1) is 14.0. The molecule has 1 heterocycles. The predicted octanol–water partition coefficient (Wildman–Crippen LogP) is 2.86. The van der Waals surface area contributed by atoms with Crippen molar-refractivity contribution in [2.75, 3.05) is 13.7 Å². The van der Waals surface area contributed by atoms with E-state index in [1.165, 1.54) is 16.7 Å². The van der Waals surface area contributed by atoms with E-state index in [0.29, 0.717) is 6.54 Å². The Bertz CT molecular complexity index is 540. The van der Waals surface area contributed by atoms with Crippen LogP contribution < -0.4 is 10.5 Å². The minimum absolute atomic E-state index is 0.657. The summed E-state index contributed by atoms with van der Waals surface area (Å²) < 4.78 is 5.29. The quantitative estimate of drug-likeness (QED) is 0.913. The largest absolute Gasteiger partial charge is 0.497 e. The maximum absolute atomic E-state index is 5.55. The number of methoxy groups -OCH3 is 1. The molecule has 0 unspecified atom stereocenters. The molecular formula is C15H20N2OS. The van der Waals surface area contributed by atoms with Gasteiger partial charge in [-0.1, -0.05) is 0 Å². The SMILES string of the molecule is COc1cc(C)c(Cc2nc(CCN)cs2)c(C)c1. The van der Waals surface area contributed by atoms with Gasteiger partial charge >= 0.3 is 0 Å². The van der Waals surface area contributed by atoms with Crippen LogP contribution in [0.5, 0.6) is 5.75 Å². The summed E-state index contributed by atoms with van der Waals surface area (Å²) in [5.41, 5.74) is 10.5. The second-order valence-electron chi connectivity index (χ2n) is 4.69. The lowest BCUT2D eigenvalue weighted by molar-refractivity contribution is 0.414. The molecule has 0 saturated carbocycles. The van der Waals surface area contributed by atoms with Crippen molar-refractivity contribution >= 4 is 11.3 Å². The van der Waals surface area contributed by atoms with Gasteiger partial charge in [-0.2, -0.15) is 0 Å². The van der Waals surface area contributed by atoms with Crippen molar-refractivity contribution in [1.29, 1.82) is 0 Å². The number of nitrogens with zero attached hydrogens (tertiary/aromatic N) is 1. The first-order valence-electron chi connectivity index (χ1n) is 6.41. The van der Waals surface area contributed by atoms with E-state index in [2.05, 4.69) is 36.3 Å². The van der Waals surface area contributed by atoms with Gasteiger partial charge in [0.25, 0.3) is 0 Å². The zero-order valence-electron chi connectivity index (χ0n) is 11.7. The van der Waals surface area contributed by atoms with Gasteiger partial charge in [-0.15, -0.1) is 11.3 Å². The maximum Gasteiger partial charge on any atom is 0.119 e. The fourth-order valence-electron chi connectivity index (χ4n) is 2.19. The standard InChI is InChI=1S/C15H20N2OS/c1-10-6-13(18-3)7-11(2)14(10)8-15-17-12(4-5-16)9-19-15/h6-7,9H,4-5,8,16H2,1-3H3. The Morgan fingerprint density at radius 3 is 2.53 bits per heavy atom. The summed E-state index contributed by atoms with van der Waals surface area (Å²) >= 11 is 1.71. The van der Waals surface area contributed by atoms with Crippen LogP contribution in [0.3, 0.4) is 0 Å². The molecule has 102 valence electrons. The molecule has 1 aromatic carbocycles. The van der Waals surface area contributed by atoms with E-state index in [1.54, 1.807) is 18.4 Å². The Hall–Kier alpha value is -1.39. The predicted molar refractivity (Wildman–Crippen MR) is 80.1 cm³/mol. The van der Waals surface area contributed by atoms with Crippen molar-refractivity contribution in [3.05, 3.63) is 44.9 Å². The molecule has 0 saturated heterocycles. The van der Waals surface area contributed by atoms with Gasteiger partial charge in [-0.05, 0) is 49.2 Å². The molecule has 2 rings (SSSR count). The third-order valence-electron chi connectivity index (χ3n) is 3.23. The van der Waals surface area contributed by atoms with E-state index < -0.39 is 0 Å². The molecule has 2 aromatic rings. The van der Waals surface area contributed by atoms with E-state index >= 15 is 0 Å². The highest BCUT2D eigenvalue weighted by atomic mass is 32.1. The topological polar surface area (TPSA) is 48.1 Å². The summed E-state index contributed by atoms with van der Waals surface area (Å²) in [4.78, 5) is 4.63. The molecule has 0 spiro atoms. The molecule has 0 aliphatic heterocycles. The Labute approximate surface area is 118 Å². The number of ether oxygens (including phenoxy) is 1. The van der Waals surface area contributed by atoms with Crippen molar-refractivity contribution in [1.82, 2.24) is 4.98 Å². The molecule has 0 aliphatic rings. The number of aromatic nitrogens is 1.